The Balaban J connectivity index is 2.37. The van der Waals surface area contributed by atoms with Crippen LogP contribution in [0.4, 0.5) is 17.6 Å². The third kappa shape index (κ3) is 6.68. The van der Waals surface area contributed by atoms with Crippen LogP contribution in [0.25, 0.3) is 0 Å². The topological polar surface area (TPSA) is 26.3 Å². The first-order valence-electron chi connectivity index (χ1n) is 5.38. The number of ketones is 1. The second-order valence-corrected chi connectivity index (χ2v) is 4.72. The van der Waals surface area contributed by atoms with E-state index in [2.05, 4.69) is 20.7 Å². The molecule has 0 aliphatic heterocycles. The van der Waals surface area contributed by atoms with Gasteiger partial charge in [0.25, 0.3) is 0 Å². The average molecular weight is 343 g/mol. The van der Waals surface area contributed by atoms with Crippen LogP contribution in [-0.4, -0.2) is 25.2 Å². The second kappa shape index (κ2) is 7.00. The molecule has 7 heteroatoms. The molecule has 0 aliphatic carbocycles. The van der Waals surface area contributed by atoms with Crippen molar-refractivity contribution >= 4 is 21.7 Å². The summed E-state index contributed by atoms with van der Waals surface area (Å²) in [7, 11) is 0. The van der Waals surface area contributed by atoms with Gasteiger partial charge in [-0.1, -0.05) is 15.9 Å². The van der Waals surface area contributed by atoms with E-state index in [-0.39, 0.29) is 25.2 Å². The third-order valence-corrected chi connectivity index (χ3v) is 2.96. The Kier molecular flexibility index (Phi) is 5.93. The predicted octanol–water partition coefficient (Wildman–Crippen LogP) is 3.67. The highest BCUT2D eigenvalue weighted by atomic mass is 79.9. The molecule has 1 rings (SSSR count). The number of Topliss-reactive ketones (excluding diaryl/α,β-unsaturated/α-hetero) is 1. The highest BCUT2D eigenvalue weighted by Gasteiger charge is 2.27. The normalized spacial score (nSPS) is 11.6. The Morgan fingerprint density at radius 1 is 1.32 bits per heavy atom. The molecule has 0 heterocycles. The third-order valence-electron chi connectivity index (χ3n) is 2.19. The van der Waals surface area contributed by atoms with E-state index < -0.39 is 18.6 Å². The summed E-state index contributed by atoms with van der Waals surface area (Å²) in [5.41, 5.74) is 0.459. The molecule has 0 bridgehead atoms. The summed E-state index contributed by atoms with van der Waals surface area (Å²) in [6.07, 6.45) is -4.58. The summed E-state index contributed by atoms with van der Waals surface area (Å²) in [5.74, 6) is -0.784. The lowest BCUT2D eigenvalue weighted by atomic mass is 10.1. The lowest BCUT2D eigenvalue weighted by molar-refractivity contribution is -0.174. The minimum absolute atomic E-state index is 0.0479. The van der Waals surface area contributed by atoms with Crippen LogP contribution in [0.1, 0.15) is 12.0 Å². The van der Waals surface area contributed by atoms with Gasteiger partial charge in [-0.2, -0.15) is 13.2 Å². The Labute approximate surface area is 115 Å². The molecule has 0 fully saturated rings. The van der Waals surface area contributed by atoms with E-state index in [4.69, 9.17) is 0 Å². The van der Waals surface area contributed by atoms with Crippen molar-refractivity contribution in [2.45, 2.75) is 19.0 Å². The van der Waals surface area contributed by atoms with Crippen LogP contribution in [-0.2, 0) is 16.0 Å². The van der Waals surface area contributed by atoms with Gasteiger partial charge in [0, 0.05) is 17.3 Å². The van der Waals surface area contributed by atoms with Gasteiger partial charge < -0.3 is 4.74 Å². The van der Waals surface area contributed by atoms with E-state index >= 15 is 0 Å². The number of halogens is 5. The Hall–Kier alpha value is -0.950. The molecule has 0 unspecified atom stereocenters. The van der Waals surface area contributed by atoms with Gasteiger partial charge in [-0.15, -0.1) is 0 Å². The molecular weight excluding hydrogens is 332 g/mol. The van der Waals surface area contributed by atoms with E-state index in [0.29, 0.717) is 10.0 Å². The lowest BCUT2D eigenvalue weighted by Crippen LogP contribution is -2.18. The number of benzene rings is 1. The van der Waals surface area contributed by atoms with Crippen LogP contribution < -0.4 is 0 Å². The van der Waals surface area contributed by atoms with Crippen LogP contribution in [0.3, 0.4) is 0 Å². The highest BCUT2D eigenvalue weighted by molar-refractivity contribution is 9.10. The maximum Gasteiger partial charge on any atom is 0.411 e. The first-order chi connectivity index (χ1) is 8.78. The summed E-state index contributed by atoms with van der Waals surface area (Å²) < 4.78 is 53.2. The van der Waals surface area contributed by atoms with E-state index in [9.17, 15) is 22.4 Å². The molecule has 1 aromatic rings. The molecule has 0 saturated carbocycles. The van der Waals surface area contributed by atoms with Gasteiger partial charge in [-0.3, -0.25) is 4.79 Å². The molecule has 0 aromatic heterocycles. The number of hydrogen-bond acceptors (Lipinski definition) is 2. The predicted molar refractivity (Wildman–Crippen MR) is 64.3 cm³/mol. The molecule has 0 amide bonds. The van der Waals surface area contributed by atoms with Crippen molar-refractivity contribution < 1.29 is 27.1 Å². The van der Waals surface area contributed by atoms with Crippen LogP contribution in [0.5, 0.6) is 0 Å². The van der Waals surface area contributed by atoms with Gasteiger partial charge >= 0.3 is 6.18 Å². The lowest BCUT2D eigenvalue weighted by Gasteiger charge is -2.07. The number of ether oxygens (including phenoxy) is 1. The smallest absolute Gasteiger partial charge is 0.372 e. The van der Waals surface area contributed by atoms with Gasteiger partial charge in [0.05, 0.1) is 6.61 Å². The van der Waals surface area contributed by atoms with Crippen LogP contribution in [0, 0.1) is 5.82 Å². The van der Waals surface area contributed by atoms with Crippen LogP contribution in [0.2, 0.25) is 0 Å². The fraction of sp³-hybridized carbons (Fsp3) is 0.417. The monoisotopic (exact) mass is 342 g/mol. The molecule has 0 atom stereocenters. The Morgan fingerprint density at radius 2 is 2.00 bits per heavy atom. The molecule has 0 radical (unpaired) electrons. The number of alkyl halides is 3. The van der Waals surface area contributed by atoms with Crippen molar-refractivity contribution in [3.05, 3.63) is 34.1 Å². The summed E-state index contributed by atoms with van der Waals surface area (Å²) in [6.45, 7) is -1.67. The van der Waals surface area contributed by atoms with Gasteiger partial charge in [0.15, 0.2) is 0 Å². The zero-order valence-electron chi connectivity index (χ0n) is 9.77. The fourth-order valence-electron chi connectivity index (χ4n) is 1.35. The van der Waals surface area contributed by atoms with Gasteiger partial charge in [0.1, 0.15) is 18.2 Å². The summed E-state index contributed by atoms with van der Waals surface area (Å²) in [6, 6.07) is 3.92. The molecule has 0 spiro atoms. The van der Waals surface area contributed by atoms with Crippen molar-refractivity contribution in [3.63, 3.8) is 0 Å². The molecular formula is C12H11BrF4O2. The number of carbonyl (C=O) groups is 1. The summed E-state index contributed by atoms with van der Waals surface area (Å²) in [5, 5.41) is 0. The Bertz CT molecular complexity index is 446. The van der Waals surface area contributed by atoms with Crippen LogP contribution in [0.15, 0.2) is 22.7 Å². The molecule has 0 saturated heterocycles. The summed E-state index contributed by atoms with van der Waals surface area (Å²) >= 11 is 3.17. The van der Waals surface area contributed by atoms with E-state index in [0.717, 1.165) is 0 Å². The molecule has 1 aromatic carbocycles. The maximum atomic E-state index is 13.0. The van der Waals surface area contributed by atoms with Crippen molar-refractivity contribution in [1.82, 2.24) is 0 Å². The van der Waals surface area contributed by atoms with Crippen molar-refractivity contribution in [3.8, 4) is 0 Å². The first kappa shape index (κ1) is 16.1. The minimum Gasteiger partial charge on any atom is -0.372 e. The van der Waals surface area contributed by atoms with Crippen LogP contribution >= 0.6 is 15.9 Å². The first-order valence-corrected chi connectivity index (χ1v) is 6.17. The van der Waals surface area contributed by atoms with Crippen molar-refractivity contribution in [2.75, 3.05) is 13.2 Å². The number of carbonyl (C=O) groups excluding carboxylic acids is 1. The molecule has 106 valence electrons. The second-order valence-electron chi connectivity index (χ2n) is 3.87. The van der Waals surface area contributed by atoms with Gasteiger partial charge in [-0.25, -0.2) is 4.39 Å². The van der Waals surface area contributed by atoms with Crippen molar-refractivity contribution in [2.24, 2.45) is 0 Å². The number of hydrogen-bond donors (Lipinski definition) is 0. The standard InChI is InChI=1S/C12H11BrF4O2/c13-11-2-1-9(14)5-8(11)6-10(18)3-4-19-7-12(15,16)17/h1-2,5H,3-4,6-7H2. The van der Waals surface area contributed by atoms with Gasteiger partial charge in [-0.05, 0) is 23.8 Å². The minimum atomic E-state index is -4.39. The molecule has 0 aliphatic rings. The number of rotatable bonds is 6. The molecule has 0 N–H and O–H groups in total. The maximum absolute atomic E-state index is 13.0. The zero-order chi connectivity index (χ0) is 14.5. The molecule has 19 heavy (non-hydrogen) atoms. The van der Waals surface area contributed by atoms with Gasteiger partial charge in [0.2, 0.25) is 0 Å². The zero-order valence-corrected chi connectivity index (χ0v) is 11.4. The fourth-order valence-corrected chi connectivity index (χ4v) is 1.74. The Morgan fingerprint density at radius 3 is 2.63 bits per heavy atom. The SMILES string of the molecule is O=C(CCOCC(F)(F)F)Cc1cc(F)ccc1Br. The quantitative estimate of drug-likeness (QED) is 0.582. The van der Waals surface area contributed by atoms with E-state index in [1.807, 2.05) is 0 Å². The van der Waals surface area contributed by atoms with Crippen molar-refractivity contribution in [1.29, 1.82) is 0 Å². The largest absolute Gasteiger partial charge is 0.411 e. The van der Waals surface area contributed by atoms with E-state index in [1.165, 1.54) is 18.2 Å². The highest BCUT2D eigenvalue weighted by Crippen LogP contribution is 2.19. The average Bonchev–Trinajstić information content (AvgIpc) is 2.28. The van der Waals surface area contributed by atoms with E-state index in [1.54, 1.807) is 0 Å². The summed E-state index contributed by atoms with van der Waals surface area (Å²) in [4.78, 5) is 11.5. The molecule has 2 nitrogen and oxygen atoms in total.